The van der Waals surface area contributed by atoms with Crippen LogP contribution in [0.5, 0.6) is 0 Å². The van der Waals surface area contributed by atoms with Gasteiger partial charge in [0.1, 0.15) is 0 Å². The molecule has 0 spiro atoms. The molecular formula is C26H21NO2. The summed E-state index contributed by atoms with van der Waals surface area (Å²) in [4.78, 5) is 15.3. The zero-order valence-electron chi connectivity index (χ0n) is 16.2. The first kappa shape index (κ1) is 17.5. The molecule has 1 aliphatic rings. The highest BCUT2D eigenvalue weighted by Gasteiger charge is 2.27. The summed E-state index contributed by atoms with van der Waals surface area (Å²) in [6, 6.07) is 24.8. The Morgan fingerprint density at radius 3 is 2.55 bits per heavy atom. The Hall–Kier alpha value is -3.59. The number of esters is 1. The van der Waals surface area contributed by atoms with Crippen LogP contribution in [-0.4, -0.2) is 18.1 Å². The molecule has 0 aliphatic heterocycles. The van der Waals surface area contributed by atoms with Gasteiger partial charge in [-0.3, -0.25) is 0 Å². The summed E-state index contributed by atoms with van der Waals surface area (Å²) in [5, 5.41) is 1.22. The van der Waals surface area contributed by atoms with Gasteiger partial charge >= 0.3 is 5.97 Å². The third kappa shape index (κ3) is 2.95. The van der Waals surface area contributed by atoms with E-state index in [1.54, 1.807) is 0 Å². The van der Waals surface area contributed by atoms with E-state index in [1.165, 1.54) is 34.8 Å². The van der Waals surface area contributed by atoms with Crippen molar-refractivity contribution in [2.45, 2.75) is 12.3 Å². The lowest BCUT2D eigenvalue weighted by Crippen LogP contribution is -2.05. The maximum atomic E-state index is 11.9. The van der Waals surface area contributed by atoms with E-state index in [9.17, 15) is 4.79 Å². The standard InChI is InChI=1S/C26H21NO2/c1-29-26(28)19-12-10-18(11-13-19)25(22-15-14-17-6-2-3-7-20(17)22)23-16-27-24-9-5-4-8-21(23)24/h2-13,15-16,25,27H,14H2,1H3. The van der Waals surface area contributed by atoms with Crippen LogP contribution in [0.15, 0.2) is 85.1 Å². The monoisotopic (exact) mass is 379 g/mol. The lowest BCUT2D eigenvalue weighted by Gasteiger charge is -2.21. The number of methoxy groups -OCH3 is 1. The van der Waals surface area contributed by atoms with Crippen molar-refractivity contribution in [2.24, 2.45) is 0 Å². The number of fused-ring (bicyclic) bond motifs is 2. The fraction of sp³-hybridized carbons (Fsp3) is 0.115. The number of hydrogen-bond donors (Lipinski definition) is 1. The average Bonchev–Trinajstić information content (AvgIpc) is 3.39. The minimum absolute atomic E-state index is 0.0847. The van der Waals surface area contributed by atoms with Gasteiger partial charge in [-0.15, -0.1) is 0 Å². The quantitative estimate of drug-likeness (QED) is 0.460. The molecule has 1 atom stereocenters. The molecule has 0 amide bonds. The van der Waals surface area contributed by atoms with Gasteiger partial charge in [-0.1, -0.05) is 60.7 Å². The lowest BCUT2D eigenvalue weighted by molar-refractivity contribution is 0.0600. The molecule has 3 heteroatoms. The third-order valence-electron chi connectivity index (χ3n) is 5.78. The van der Waals surface area contributed by atoms with E-state index in [-0.39, 0.29) is 11.9 Å². The number of aromatic amines is 1. The largest absolute Gasteiger partial charge is 0.465 e. The van der Waals surface area contributed by atoms with Crippen molar-refractivity contribution < 1.29 is 9.53 Å². The number of carbonyl (C=O) groups excluding carboxylic acids is 1. The fourth-order valence-corrected chi connectivity index (χ4v) is 4.37. The highest BCUT2D eigenvalue weighted by Crippen LogP contribution is 2.44. The van der Waals surface area contributed by atoms with Crippen molar-refractivity contribution in [3.8, 4) is 0 Å². The molecule has 0 radical (unpaired) electrons. The molecule has 142 valence electrons. The third-order valence-corrected chi connectivity index (χ3v) is 5.78. The van der Waals surface area contributed by atoms with E-state index in [0.717, 1.165) is 17.5 Å². The Morgan fingerprint density at radius 2 is 1.72 bits per heavy atom. The Kier molecular flexibility index (Phi) is 4.28. The van der Waals surface area contributed by atoms with Crippen LogP contribution in [0.4, 0.5) is 0 Å². The predicted molar refractivity (Wildman–Crippen MR) is 116 cm³/mol. The van der Waals surface area contributed by atoms with Crippen LogP contribution in [-0.2, 0) is 11.2 Å². The van der Waals surface area contributed by atoms with E-state index in [1.807, 2.05) is 30.3 Å². The topological polar surface area (TPSA) is 42.1 Å². The number of para-hydroxylation sites is 1. The van der Waals surface area contributed by atoms with Gasteiger partial charge in [0.2, 0.25) is 0 Å². The second kappa shape index (κ2) is 7.10. The number of allylic oxidation sites excluding steroid dienone is 2. The normalized spacial score (nSPS) is 13.8. The highest BCUT2D eigenvalue weighted by atomic mass is 16.5. The van der Waals surface area contributed by atoms with Gasteiger partial charge in [-0.05, 0) is 52.4 Å². The first-order valence-corrected chi connectivity index (χ1v) is 9.79. The van der Waals surface area contributed by atoms with Crippen LogP contribution in [0.1, 0.15) is 38.5 Å². The Morgan fingerprint density at radius 1 is 0.966 bits per heavy atom. The van der Waals surface area contributed by atoms with Gasteiger partial charge < -0.3 is 9.72 Å². The van der Waals surface area contributed by atoms with Gasteiger partial charge in [0.05, 0.1) is 12.7 Å². The highest BCUT2D eigenvalue weighted by molar-refractivity contribution is 5.91. The van der Waals surface area contributed by atoms with Crippen LogP contribution in [0.3, 0.4) is 0 Å². The maximum Gasteiger partial charge on any atom is 0.337 e. The smallest absolute Gasteiger partial charge is 0.337 e. The molecule has 3 aromatic carbocycles. The van der Waals surface area contributed by atoms with Crippen molar-refractivity contribution in [1.29, 1.82) is 0 Å². The number of H-pyrrole nitrogens is 1. The number of carbonyl (C=O) groups is 1. The molecule has 5 rings (SSSR count). The van der Waals surface area contributed by atoms with Crippen LogP contribution in [0.2, 0.25) is 0 Å². The molecule has 1 heterocycles. The minimum atomic E-state index is -0.314. The summed E-state index contributed by atoms with van der Waals surface area (Å²) >= 11 is 0. The molecule has 1 unspecified atom stereocenters. The number of nitrogens with one attached hydrogen (secondary N) is 1. The van der Waals surface area contributed by atoms with Crippen LogP contribution in [0, 0.1) is 0 Å². The number of ether oxygens (including phenoxy) is 1. The Labute approximate surface area is 169 Å². The second-order valence-electron chi connectivity index (χ2n) is 7.36. The summed E-state index contributed by atoms with van der Waals surface area (Å²) < 4.78 is 4.86. The lowest BCUT2D eigenvalue weighted by atomic mass is 9.82. The van der Waals surface area contributed by atoms with Crippen molar-refractivity contribution in [1.82, 2.24) is 4.98 Å². The molecule has 0 saturated heterocycles. The molecule has 0 saturated carbocycles. The van der Waals surface area contributed by atoms with Crippen molar-refractivity contribution in [3.05, 3.63) is 113 Å². The first-order chi connectivity index (χ1) is 14.3. The number of aromatic nitrogens is 1. The van der Waals surface area contributed by atoms with E-state index in [2.05, 4.69) is 59.7 Å². The molecule has 1 N–H and O–H groups in total. The molecule has 29 heavy (non-hydrogen) atoms. The molecule has 1 aromatic heterocycles. The van der Waals surface area contributed by atoms with Crippen molar-refractivity contribution in [3.63, 3.8) is 0 Å². The molecule has 3 nitrogen and oxygen atoms in total. The Balaban J connectivity index is 1.67. The molecular weight excluding hydrogens is 358 g/mol. The van der Waals surface area contributed by atoms with Crippen molar-refractivity contribution >= 4 is 22.4 Å². The van der Waals surface area contributed by atoms with E-state index in [4.69, 9.17) is 4.74 Å². The number of hydrogen-bond acceptors (Lipinski definition) is 2. The number of benzene rings is 3. The van der Waals surface area contributed by atoms with Gasteiger partial charge in [0.15, 0.2) is 0 Å². The summed E-state index contributed by atoms with van der Waals surface area (Å²) in [7, 11) is 1.41. The van der Waals surface area contributed by atoms with Crippen LogP contribution in [0.25, 0.3) is 16.5 Å². The number of rotatable bonds is 4. The second-order valence-corrected chi connectivity index (χ2v) is 7.36. The summed E-state index contributed by atoms with van der Waals surface area (Å²) in [5.41, 5.74) is 8.08. The Bertz CT molecular complexity index is 1230. The van der Waals surface area contributed by atoms with E-state index < -0.39 is 0 Å². The van der Waals surface area contributed by atoms with Gasteiger partial charge in [0.25, 0.3) is 0 Å². The van der Waals surface area contributed by atoms with E-state index in [0.29, 0.717) is 5.56 Å². The van der Waals surface area contributed by atoms with Crippen molar-refractivity contribution in [2.75, 3.05) is 7.11 Å². The first-order valence-electron chi connectivity index (χ1n) is 9.79. The zero-order valence-corrected chi connectivity index (χ0v) is 16.2. The van der Waals surface area contributed by atoms with Gasteiger partial charge in [-0.25, -0.2) is 4.79 Å². The average molecular weight is 379 g/mol. The molecule has 1 aliphatic carbocycles. The zero-order chi connectivity index (χ0) is 19.8. The maximum absolute atomic E-state index is 11.9. The summed E-state index contributed by atoms with van der Waals surface area (Å²) in [5.74, 6) is -0.230. The van der Waals surface area contributed by atoms with Crippen LogP contribution >= 0.6 is 0 Å². The minimum Gasteiger partial charge on any atom is -0.465 e. The van der Waals surface area contributed by atoms with Gasteiger partial charge in [0, 0.05) is 23.0 Å². The molecule has 0 fully saturated rings. The SMILES string of the molecule is COC(=O)c1ccc(C(C2=CCc3ccccc32)c2c[nH]c3ccccc23)cc1. The molecule has 0 bridgehead atoms. The molecule has 4 aromatic rings. The summed E-state index contributed by atoms with van der Waals surface area (Å²) in [6.45, 7) is 0. The van der Waals surface area contributed by atoms with E-state index >= 15 is 0 Å². The summed E-state index contributed by atoms with van der Waals surface area (Å²) in [6.07, 6.45) is 5.40. The van der Waals surface area contributed by atoms with Gasteiger partial charge in [-0.2, -0.15) is 0 Å². The fourth-order valence-electron chi connectivity index (χ4n) is 4.37. The van der Waals surface area contributed by atoms with Crippen LogP contribution < -0.4 is 0 Å². The predicted octanol–water partition coefficient (Wildman–Crippen LogP) is 5.73.